The molecule has 0 atom stereocenters. The van der Waals surface area contributed by atoms with Crippen LogP contribution in [0.5, 0.6) is 0 Å². The number of hydrogen-bond donors (Lipinski definition) is 0. The molecule has 0 heterocycles. The van der Waals surface area contributed by atoms with Gasteiger partial charge in [0.1, 0.15) is 0 Å². The molecule has 0 aliphatic rings. The van der Waals surface area contributed by atoms with Crippen LogP contribution < -0.4 is 88.2 Å². The van der Waals surface area contributed by atoms with Gasteiger partial charge in [-0.3, -0.25) is 0 Å². The fourth-order valence-corrected chi connectivity index (χ4v) is 0.118. The van der Waals surface area contributed by atoms with Crippen molar-refractivity contribution in [2.24, 2.45) is 0 Å². The Bertz CT molecular complexity index is 119. The van der Waals surface area contributed by atoms with E-state index in [0.29, 0.717) is 0 Å². The van der Waals surface area contributed by atoms with Crippen LogP contribution in [0.4, 0.5) is 0 Å². The van der Waals surface area contributed by atoms with E-state index in [2.05, 4.69) is 20.3 Å². The van der Waals surface area contributed by atoms with Crippen molar-refractivity contribution < 1.29 is 97.8 Å². The number of carbonyl (C=O) groups excluding carboxylic acids is 2. The Kier molecular flexibility index (Phi) is 50.7. The van der Waals surface area contributed by atoms with Gasteiger partial charge < -0.3 is 26.2 Å². The van der Waals surface area contributed by atoms with Gasteiger partial charge in [0.25, 0.3) is 0 Å². The third-order valence-electron chi connectivity index (χ3n) is 0.697. The molecule has 0 unspecified atom stereocenters. The van der Waals surface area contributed by atoms with Gasteiger partial charge in [-0.05, 0) is 0 Å². The Hall–Kier alpha value is 1.54. The van der Waals surface area contributed by atoms with Crippen LogP contribution in [0.3, 0.4) is 0 Å². The fourth-order valence-electron chi connectivity index (χ4n) is 0.118. The van der Waals surface area contributed by atoms with E-state index in [-0.39, 0.29) is 78.0 Å². The predicted octanol–water partition coefficient (Wildman–Crippen LogP) is -10.5. The van der Waals surface area contributed by atoms with Crippen molar-refractivity contribution in [1.82, 2.24) is 0 Å². The van der Waals surface area contributed by atoms with Crippen LogP contribution in [0.1, 0.15) is 26.7 Å². The van der Waals surface area contributed by atoms with Crippen LogP contribution in [0.2, 0.25) is 0 Å². The molecule has 0 aliphatic heterocycles. The van der Waals surface area contributed by atoms with E-state index < -0.39 is 18.4 Å². The van der Waals surface area contributed by atoms with Crippen molar-refractivity contribution >= 4 is 11.9 Å². The molecule has 0 rings (SSSR count). The summed E-state index contributed by atoms with van der Waals surface area (Å²) in [7, 11) is 0. The Balaban J connectivity index is -0.0000000347. The molecule has 0 saturated heterocycles. The Labute approximate surface area is 141 Å². The van der Waals surface area contributed by atoms with E-state index in [1.807, 2.05) is 0 Å². The van der Waals surface area contributed by atoms with Crippen LogP contribution in [0.25, 0.3) is 0 Å². The molecule has 0 bridgehead atoms. The summed E-state index contributed by atoms with van der Waals surface area (Å²) < 4.78 is 0. The number of carboxylic acid groups (broad SMARTS) is 2. The zero-order valence-corrected chi connectivity index (χ0v) is 13.6. The van der Waals surface area contributed by atoms with E-state index in [1.165, 1.54) is 6.42 Å². The molecule has 0 radical (unpaired) electrons. The molecule has 0 saturated carbocycles. The molecule has 0 aromatic rings. The van der Waals surface area contributed by atoms with Crippen LogP contribution >= 0.6 is 0 Å². The van der Waals surface area contributed by atoms with Gasteiger partial charge in [0, 0.05) is 18.4 Å². The van der Waals surface area contributed by atoms with E-state index in [1.54, 1.807) is 0 Å². The van der Waals surface area contributed by atoms with Crippen LogP contribution in [-0.2, 0) is 9.59 Å². The first-order chi connectivity index (χ1) is 5.04. The number of carbonyl (C=O) groups is 2. The molecule has 7 heteroatoms. The summed E-state index contributed by atoms with van der Waals surface area (Å²) in [4.78, 5) is 18.6. The van der Waals surface area contributed by atoms with Gasteiger partial charge in [0.2, 0.25) is 0 Å². The van der Waals surface area contributed by atoms with Crippen LogP contribution in [-0.4, -0.2) is 11.9 Å². The summed E-state index contributed by atoms with van der Waals surface area (Å²) in [5.74, 6) is -3.25. The van der Waals surface area contributed by atoms with E-state index >= 15 is 0 Å². The molecule has 0 spiro atoms. The normalized spacial score (nSPS) is 6.14. The molecule has 66 valence electrons. The minimum Gasteiger partial charge on any atom is -0.550 e. The van der Waals surface area contributed by atoms with Crippen LogP contribution in [0, 0.1) is 6.42 Å². The first-order valence-corrected chi connectivity index (χ1v) is 3.22. The molecule has 0 N–H and O–H groups in total. The summed E-state index contributed by atoms with van der Waals surface area (Å²) >= 11 is 0. The van der Waals surface area contributed by atoms with Crippen molar-refractivity contribution in [1.29, 1.82) is 0 Å². The second kappa shape index (κ2) is 24.0. The monoisotopic (exact) mass is 212 g/mol. The standard InChI is InChI=1S/C4H9.C3H4O4.Li.2Na/c1-3-4-2;4-2(5)1-3(6)7;;;/h3H,4H2,1-2H3;1H2,(H,4,5)(H,6,7);;;/q-1;;3*+1/p-2. The SMILES string of the molecule is C[CH-]CC.O=C([O-])CC(=O)[O-].[Li+].[Na+].[Na+]. The van der Waals surface area contributed by atoms with Crippen molar-refractivity contribution in [3.63, 3.8) is 0 Å². The summed E-state index contributed by atoms with van der Waals surface area (Å²) in [5.41, 5.74) is 0. The maximum atomic E-state index is 9.28. The zero-order chi connectivity index (χ0) is 9.28. The van der Waals surface area contributed by atoms with Crippen molar-refractivity contribution in [3.8, 4) is 0 Å². The molecular formula is C7H11LiNa2O4. The number of carboxylic acids is 2. The molecule has 4 nitrogen and oxygen atoms in total. The molecular weight excluding hydrogens is 201 g/mol. The second-order valence-electron chi connectivity index (χ2n) is 1.74. The van der Waals surface area contributed by atoms with E-state index in [0.717, 1.165) is 0 Å². The number of hydrogen-bond acceptors (Lipinski definition) is 4. The first-order valence-electron chi connectivity index (χ1n) is 3.22. The molecule has 0 amide bonds. The molecule has 0 aromatic heterocycles. The summed E-state index contributed by atoms with van der Waals surface area (Å²) in [6, 6.07) is 0. The summed E-state index contributed by atoms with van der Waals surface area (Å²) in [5, 5.41) is 18.6. The second-order valence-corrected chi connectivity index (χ2v) is 1.74. The largest absolute Gasteiger partial charge is 1.00 e. The third-order valence-corrected chi connectivity index (χ3v) is 0.697. The Morgan fingerprint density at radius 1 is 1.14 bits per heavy atom. The van der Waals surface area contributed by atoms with Gasteiger partial charge >= 0.3 is 78.0 Å². The predicted molar refractivity (Wildman–Crippen MR) is 34.9 cm³/mol. The number of aliphatic carboxylic acids is 2. The average Bonchev–Trinajstić information content (AvgIpc) is 1.85. The zero-order valence-electron chi connectivity index (χ0n) is 9.62. The van der Waals surface area contributed by atoms with Gasteiger partial charge in [-0.25, -0.2) is 0 Å². The van der Waals surface area contributed by atoms with Gasteiger partial charge in [-0.15, -0.1) is 0 Å². The Morgan fingerprint density at radius 2 is 1.36 bits per heavy atom. The number of unbranched alkanes of at least 4 members (excludes halogenated alkanes) is 1. The van der Waals surface area contributed by atoms with Gasteiger partial charge in [-0.1, -0.05) is 6.92 Å². The maximum Gasteiger partial charge on any atom is 1.00 e. The quantitative estimate of drug-likeness (QED) is 0.264. The van der Waals surface area contributed by atoms with E-state index in [4.69, 9.17) is 0 Å². The average molecular weight is 212 g/mol. The minimum absolute atomic E-state index is 0. The Morgan fingerprint density at radius 3 is 1.36 bits per heavy atom. The topological polar surface area (TPSA) is 80.3 Å². The summed E-state index contributed by atoms with van der Waals surface area (Å²) in [6.07, 6.45) is 2.29. The molecule has 14 heavy (non-hydrogen) atoms. The summed E-state index contributed by atoms with van der Waals surface area (Å²) in [6.45, 7) is 4.18. The molecule has 0 aliphatic carbocycles. The van der Waals surface area contributed by atoms with Crippen molar-refractivity contribution in [3.05, 3.63) is 6.42 Å². The van der Waals surface area contributed by atoms with Crippen molar-refractivity contribution in [2.45, 2.75) is 26.7 Å². The number of rotatable bonds is 3. The third kappa shape index (κ3) is 49.8. The molecule has 0 fully saturated rings. The van der Waals surface area contributed by atoms with Crippen LogP contribution in [0.15, 0.2) is 0 Å². The molecule has 0 aromatic carbocycles. The minimum atomic E-state index is -1.63. The van der Waals surface area contributed by atoms with Gasteiger partial charge in [0.05, 0.1) is 0 Å². The smallest absolute Gasteiger partial charge is 0.550 e. The van der Waals surface area contributed by atoms with Gasteiger partial charge in [-0.2, -0.15) is 13.3 Å². The van der Waals surface area contributed by atoms with E-state index in [9.17, 15) is 19.8 Å². The van der Waals surface area contributed by atoms with Crippen molar-refractivity contribution in [2.75, 3.05) is 0 Å². The first kappa shape index (κ1) is 29.6. The van der Waals surface area contributed by atoms with Gasteiger partial charge in [0.15, 0.2) is 0 Å². The maximum absolute atomic E-state index is 9.28. The fraction of sp³-hybridized carbons (Fsp3) is 0.571.